The standard InChI is InChI=1S/C16H16N2O2S/c1-9-7-11(9)15(20)18-16-12(14(17)19)8-13(21-16)10-5-3-2-4-6-10/h2-6,8-9,11H,7H2,1H3,(H2,17,19)(H,18,20)/t9-,11+/m0/s1. The molecule has 1 fully saturated rings. The van der Waals surface area contributed by atoms with Crippen molar-refractivity contribution in [1.29, 1.82) is 0 Å². The maximum absolute atomic E-state index is 12.0. The summed E-state index contributed by atoms with van der Waals surface area (Å²) in [5.41, 5.74) is 6.80. The molecule has 0 spiro atoms. The first-order chi connectivity index (χ1) is 10.1. The molecule has 1 aromatic heterocycles. The lowest BCUT2D eigenvalue weighted by atomic mass is 10.1. The molecule has 21 heavy (non-hydrogen) atoms. The second-order valence-corrected chi connectivity index (χ2v) is 6.44. The highest BCUT2D eigenvalue weighted by Gasteiger charge is 2.39. The van der Waals surface area contributed by atoms with Gasteiger partial charge in [-0.25, -0.2) is 0 Å². The molecular weight excluding hydrogens is 284 g/mol. The van der Waals surface area contributed by atoms with Crippen LogP contribution in [-0.4, -0.2) is 11.8 Å². The fourth-order valence-electron chi connectivity index (χ4n) is 2.30. The van der Waals surface area contributed by atoms with Gasteiger partial charge in [0.15, 0.2) is 0 Å². The quantitative estimate of drug-likeness (QED) is 0.910. The summed E-state index contributed by atoms with van der Waals surface area (Å²) >= 11 is 1.38. The molecule has 5 heteroatoms. The zero-order valence-corrected chi connectivity index (χ0v) is 12.4. The van der Waals surface area contributed by atoms with Crippen LogP contribution in [0, 0.1) is 11.8 Å². The molecule has 1 heterocycles. The topological polar surface area (TPSA) is 72.2 Å². The fourth-order valence-corrected chi connectivity index (χ4v) is 3.38. The van der Waals surface area contributed by atoms with E-state index in [2.05, 4.69) is 5.32 Å². The molecule has 0 aliphatic heterocycles. The number of anilines is 1. The van der Waals surface area contributed by atoms with Crippen LogP contribution >= 0.6 is 11.3 Å². The van der Waals surface area contributed by atoms with Gasteiger partial charge in [-0.2, -0.15) is 0 Å². The Morgan fingerprint density at radius 2 is 1.95 bits per heavy atom. The number of hydrogen-bond acceptors (Lipinski definition) is 3. The third-order valence-corrected chi connectivity index (χ3v) is 4.84. The van der Waals surface area contributed by atoms with Gasteiger partial charge in [-0.3, -0.25) is 9.59 Å². The van der Waals surface area contributed by atoms with Crippen LogP contribution in [0.1, 0.15) is 23.7 Å². The van der Waals surface area contributed by atoms with Gasteiger partial charge in [0.2, 0.25) is 5.91 Å². The monoisotopic (exact) mass is 300 g/mol. The summed E-state index contributed by atoms with van der Waals surface area (Å²) in [5.74, 6) is -0.0531. The first-order valence-corrected chi connectivity index (χ1v) is 7.68. The Morgan fingerprint density at radius 1 is 1.29 bits per heavy atom. The molecule has 1 saturated carbocycles. The van der Waals surface area contributed by atoms with Crippen LogP contribution in [0.3, 0.4) is 0 Å². The zero-order valence-electron chi connectivity index (χ0n) is 11.6. The molecule has 0 saturated heterocycles. The van der Waals surface area contributed by atoms with Gasteiger partial charge in [0.25, 0.3) is 5.91 Å². The van der Waals surface area contributed by atoms with Gasteiger partial charge in [0, 0.05) is 10.8 Å². The lowest BCUT2D eigenvalue weighted by Gasteiger charge is -2.03. The van der Waals surface area contributed by atoms with Gasteiger partial charge in [0.05, 0.1) is 5.56 Å². The lowest BCUT2D eigenvalue weighted by Crippen LogP contribution is -2.17. The van der Waals surface area contributed by atoms with E-state index in [0.29, 0.717) is 16.5 Å². The molecule has 3 rings (SSSR count). The van der Waals surface area contributed by atoms with Crippen molar-refractivity contribution in [2.75, 3.05) is 5.32 Å². The van der Waals surface area contributed by atoms with E-state index in [-0.39, 0.29) is 11.8 Å². The van der Waals surface area contributed by atoms with Crippen LogP contribution in [0.2, 0.25) is 0 Å². The van der Waals surface area contributed by atoms with Crippen LogP contribution < -0.4 is 11.1 Å². The Balaban J connectivity index is 1.90. The van der Waals surface area contributed by atoms with Crippen molar-refractivity contribution in [3.8, 4) is 10.4 Å². The van der Waals surface area contributed by atoms with Crippen molar-refractivity contribution in [3.05, 3.63) is 42.0 Å². The largest absolute Gasteiger partial charge is 0.366 e. The van der Waals surface area contributed by atoms with Gasteiger partial charge in [0.1, 0.15) is 5.00 Å². The average Bonchev–Trinajstić information content (AvgIpc) is 3.05. The summed E-state index contributed by atoms with van der Waals surface area (Å²) in [7, 11) is 0. The number of nitrogens with one attached hydrogen (secondary N) is 1. The number of thiophene rings is 1. The average molecular weight is 300 g/mol. The first-order valence-electron chi connectivity index (χ1n) is 6.86. The summed E-state index contributed by atoms with van der Waals surface area (Å²) in [6.07, 6.45) is 0.911. The molecule has 3 N–H and O–H groups in total. The number of rotatable bonds is 4. The maximum Gasteiger partial charge on any atom is 0.251 e. The van der Waals surface area contributed by atoms with Crippen LogP contribution in [0.4, 0.5) is 5.00 Å². The van der Waals surface area contributed by atoms with E-state index in [1.54, 1.807) is 6.07 Å². The zero-order chi connectivity index (χ0) is 15.0. The van der Waals surface area contributed by atoms with Gasteiger partial charge < -0.3 is 11.1 Å². The van der Waals surface area contributed by atoms with Crippen LogP contribution in [0.15, 0.2) is 36.4 Å². The molecule has 0 radical (unpaired) electrons. The summed E-state index contributed by atoms with van der Waals surface area (Å²) in [6, 6.07) is 11.5. The minimum atomic E-state index is -0.521. The van der Waals surface area contributed by atoms with Crippen molar-refractivity contribution >= 4 is 28.2 Å². The predicted molar refractivity (Wildman–Crippen MR) is 84.2 cm³/mol. The molecule has 1 aliphatic rings. The molecule has 108 valence electrons. The Kier molecular flexibility index (Phi) is 3.51. The number of hydrogen-bond donors (Lipinski definition) is 2. The lowest BCUT2D eigenvalue weighted by molar-refractivity contribution is -0.117. The van der Waals surface area contributed by atoms with E-state index in [0.717, 1.165) is 16.9 Å². The highest BCUT2D eigenvalue weighted by atomic mass is 32.1. The van der Waals surface area contributed by atoms with Gasteiger partial charge in [-0.15, -0.1) is 11.3 Å². The molecule has 0 unspecified atom stereocenters. The van der Waals surface area contributed by atoms with E-state index in [4.69, 9.17) is 5.73 Å². The molecule has 2 atom stereocenters. The van der Waals surface area contributed by atoms with Gasteiger partial charge in [-0.1, -0.05) is 37.3 Å². The normalized spacial score (nSPS) is 20.0. The van der Waals surface area contributed by atoms with E-state index in [1.165, 1.54) is 11.3 Å². The third-order valence-electron chi connectivity index (χ3n) is 3.74. The van der Waals surface area contributed by atoms with Gasteiger partial charge >= 0.3 is 0 Å². The highest BCUT2D eigenvalue weighted by molar-refractivity contribution is 7.20. The summed E-state index contributed by atoms with van der Waals surface area (Å²) in [4.78, 5) is 24.5. The van der Waals surface area contributed by atoms with E-state index in [9.17, 15) is 9.59 Å². The Bertz CT molecular complexity index is 694. The number of benzene rings is 1. The first kappa shape index (κ1) is 13.8. The molecule has 2 aromatic rings. The van der Waals surface area contributed by atoms with Crippen molar-refractivity contribution < 1.29 is 9.59 Å². The second-order valence-electron chi connectivity index (χ2n) is 5.39. The maximum atomic E-state index is 12.0. The SMILES string of the molecule is C[C@H]1C[C@H]1C(=O)Nc1sc(-c2ccccc2)cc1C(N)=O. The Labute approximate surface area is 127 Å². The van der Waals surface area contributed by atoms with Crippen LogP contribution in [0.5, 0.6) is 0 Å². The van der Waals surface area contributed by atoms with Crippen LogP contribution in [-0.2, 0) is 4.79 Å². The Morgan fingerprint density at radius 3 is 2.52 bits per heavy atom. The molecule has 0 bridgehead atoms. The molecule has 1 aromatic carbocycles. The summed E-state index contributed by atoms with van der Waals surface area (Å²) < 4.78 is 0. The molecule has 2 amide bonds. The second kappa shape index (κ2) is 5.33. The summed E-state index contributed by atoms with van der Waals surface area (Å²) in [6.45, 7) is 2.04. The van der Waals surface area contributed by atoms with Gasteiger partial charge in [-0.05, 0) is 24.0 Å². The number of carbonyl (C=O) groups excluding carboxylic acids is 2. The highest BCUT2D eigenvalue weighted by Crippen LogP contribution is 2.40. The number of nitrogens with two attached hydrogens (primary N) is 1. The fraction of sp³-hybridized carbons (Fsp3) is 0.250. The van der Waals surface area contributed by atoms with Crippen LogP contribution in [0.25, 0.3) is 10.4 Å². The summed E-state index contributed by atoms with van der Waals surface area (Å²) in [5, 5.41) is 3.40. The smallest absolute Gasteiger partial charge is 0.251 e. The molecule has 1 aliphatic carbocycles. The number of amides is 2. The predicted octanol–water partition coefficient (Wildman–Crippen LogP) is 3.11. The third kappa shape index (κ3) is 2.83. The minimum Gasteiger partial charge on any atom is -0.366 e. The van der Waals surface area contributed by atoms with Crippen molar-refractivity contribution in [2.45, 2.75) is 13.3 Å². The minimum absolute atomic E-state index is 0.0218. The number of primary amides is 1. The van der Waals surface area contributed by atoms with Crippen molar-refractivity contribution in [2.24, 2.45) is 17.6 Å². The van der Waals surface area contributed by atoms with Crippen molar-refractivity contribution in [1.82, 2.24) is 0 Å². The molecule has 4 nitrogen and oxygen atoms in total. The van der Waals surface area contributed by atoms with E-state index < -0.39 is 5.91 Å². The van der Waals surface area contributed by atoms with E-state index >= 15 is 0 Å². The van der Waals surface area contributed by atoms with E-state index in [1.807, 2.05) is 37.3 Å². The van der Waals surface area contributed by atoms with Crippen molar-refractivity contribution in [3.63, 3.8) is 0 Å². The number of carbonyl (C=O) groups is 2. The Hall–Kier alpha value is -2.14. The molecular formula is C16H16N2O2S.